The second kappa shape index (κ2) is 4.93. The highest BCUT2D eigenvalue weighted by atomic mass is 16.5. The van der Waals surface area contributed by atoms with Gasteiger partial charge in [-0.05, 0) is 48.8 Å². The predicted molar refractivity (Wildman–Crippen MR) is 74.1 cm³/mol. The van der Waals surface area contributed by atoms with Gasteiger partial charge in [0.05, 0.1) is 12.7 Å². The molecule has 0 amide bonds. The van der Waals surface area contributed by atoms with Gasteiger partial charge in [-0.3, -0.25) is 0 Å². The van der Waals surface area contributed by atoms with Crippen LogP contribution in [0, 0.1) is 5.92 Å². The van der Waals surface area contributed by atoms with E-state index in [-0.39, 0.29) is 0 Å². The Morgan fingerprint density at radius 1 is 1.39 bits per heavy atom. The molecule has 1 atom stereocenters. The number of rotatable bonds is 5. The zero-order valence-corrected chi connectivity index (χ0v) is 11.9. The molecule has 2 nitrogen and oxygen atoms in total. The molecule has 0 heterocycles. The smallest absolute Gasteiger partial charge is 0.122 e. The lowest BCUT2D eigenvalue weighted by atomic mass is 9.89. The fraction of sp³-hybridized carbons (Fsp3) is 0.625. The molecule has 0 saturated heterocycles. The van der Waals surface area contributed by atoms with E-state index in [0.29, 0.717) is 18.3 Å². The van der Waals surface area contributed by atoms with Crippen molar-refractivity contribution >= 4 is 0 Å². The number of hydrogen-bond donors (Lipinski definition) is 1. The molecular weight excluding hydrogens is 224 g/mol. The van der Waals surface area contributed by atoms with E-state index in [2.05, 4.69) is 26.0 Å². The minimum Gasteiger partial charge on any atom is -0.496 e. The van der Waals surface area contributed by atoms with Gasteiger partial charge in [-0.15, -0.1) is 0 Å². The number of aliphatic hydroxyl groups is 1. The number of methoxy groups -OCH3 is 1. The van der Waals surface area contributed by atoms with Crippen molar-refractivity contribution in [3.63, 3.8) is 0 Å². The van der Waals surface area contributed by atoms with E-state index in [0.717, 1.165) is 24.2 Å². The molecule has 0 bridgehead atoms. The molecule has 1 saturated carbocycles. The second-order valence-corrected chi connectivity index (χ2v) is 6.03. The summed E-state index contributed by atoms with van der Waals surface area (Å²) in [4.78, 5) is 0. The van der Waals surface area contributed by atoms with Gasteiger partial charge in [0.1, 0.15) is 5.75 Å². The van der Waals surface area contributed by atoms with Gasteiger partial charge in [-0.2, -0.15) is 0 Å². The summed E-state index contributed by atoms with van der Waals surface area (Å²) in [5.74, 6) is 1.85. The summed E-state index contributed by atoms with van der Waals surface area (Å²) in [6, 6.07) is 6.31. The van der Waals surface area contributed by atoms with Gasteiger partial charge < -0.3 is 9.84 Å². The molecule has 1 aliphatic rings. The fourth-order valence-corrected chi connectivity index (χ4v) is 2.53. The molecule has 1 aromatic rings. The Balaban J connectivity index is 2.26. The Morgan fingerprint density at radius 3 is 2.56 bits per heavy atom. The van der Waals surface area contributed by atoms with Gasteiger partial charge in [-0.1, -0.05) is 26.0 Å². The Kier molecular flexibility index (Phi) is 3.67. The average molecular weight is 248 g/mol. The summed E-state index contributed by atoms with van der Waals surface area (Å²) in [7, 11) is 1.69. The lowest BCUT2D eigenvalue weighted by Gasteiger charge is -2.24. The van der Waals surface area contributed by atoms with Gasteiger partial charge in [0.2, 0.25) is 0 Å². The highest BCUT2D eigenvalue weighted by molar-refractivity contribution is 5.39. The van der Waals surface area contributed by atoms with Crippen molar-refractivity contribution in [2.24, 2.45) is 5.92 Å². The quantitative estimate of drug-likeness (QED) is 0.864. The van der Waals surface area contributed by atoms with Crippen LogP contribution in [0.5, 0.6) is 5.75 Å². The van der Waals surface area contributed by atoms with Crippen molar-refractivity contribution in [3.05, 3.63) is 29.3 Å². The first-order valence-electron chi connectivity index (χ1n) is 6.83. The maximum Gasteiger partial charge on any atom is 0.122 e. The molecule has 1 N–H and O–H groups in total. The van der Waals surface area contributed by atoms with Crippen molar-refractivity contribution in [2.45, 2.75) is 51.6 Å². The SMILES string of the molecule is COc1ccc(C(C)C)cc1CC(C)(O)C1CC1. The molecule has 0 aromatic heterocycles. The standard InChI is InChI=1S/C16H24O2/c1-11(2)12-5-8-15(18-4)13(9-12)10-16(3,17)14-6-7-14/h5,8-9,11,14,17H,6-7,10H2,1-4H3. The highest BCUT2D eigenvalue weighted by Crippen LogP contribution is 2.42. The topological polar surface area (TPSA) is 29.5 Å². The Labute approximate surface area is 110 Å². The fourth-order valence-electron chi connectivity index (χ4n) is 2.53. The molecule has 18 heavy (non-hydrogen) atoms. The zero-order valence-electron chi connectivity index (χ0n) is 11.9. The summed E-state index contributed by atoms with van der Waals surface area (Å²) in [6.07, 6.45) is 2.99. The first-order chi connectivity index (χ1) is 8.44. The maximum atomic E-state index is 10.5. The lowest BCUT2D eigenvalue weighted by Crippen LogP contribution is -2.30. The van der Waals surface area contributed by atoms with E-state index in [1.165, 1.54) is 5.56 Å². The van der Waals surface area contributed by atoms with Gasteiger partial charge >= 0.3 is 0 Å². The van der Waals surface area contributed by atoms with Crippen molar-refractivity contribution in [1.82, 2.24) is 0 Å². The third-order valence-corrected chi connectivity index (χ3v) is 3.98. The summed E-state index contributed by atoms with van der Waals surface area (Å²) in [5.41, 5.74) is 1.83. The molecule has 1 aliphatic carbocycles. The van der Waals surface area contributed by atoms with Gasteiger partial charge in [0.25, 0.3) is 0 Å². The molecule has 2 rings (SSSR count). The maximum absolute atomic E-state index is 10.5. The molecule has 1 fully saturated rings. The van der Waals surface area contributed by atoms with Gasteiger partial charge in [-0.25, -0.2) is 0 Å². The van der Waals surface area contributed by atoms with Gasteiger partial charge in [0, 0.05) is 6.42 Å². The predicted octanol–water partition coefficient (Wildman–Crippen LogP) is 3.52. The van der Waals surface area contributed by atoms with Crippen molar-refractivity contribution in [2.75, 3.05) is 7.11 Å². The number of ether oxygens (including phenoxy) is 1. The average Bonchev–Trinajstić information content (AvgIpc) is 3.12. The minimum atomic E-state index is -0.594. The van der Waals surface area contributed by atoms with Crippen molar-refractivity contribution in [3.8, 4) is 5.75 Å². The molecular formula is C16H24O2. The van der Waals surface area contributed by atoms with Crippen LogP contribution in [0.15, 0.2) is 18.2 Å². The molecule has 0 radical (unpaired) electrons. The summed E-state index contributed by atoms with van der Waals surface area (Å²) < 4.78 is 5.41. The van der Waals surface area contributed by atoms with Crippen LogP contribution in [0.2, 0.25) is 0 Å². The molecule has 0 spiro atoms. The third-order valence-electron chi connectivity index (χ3n) is 3.98. The van der Waals surface area contributed by atoms with E-state index >= 15 is 0 Å². The number of hydrogen-bond acceptors (Lipinski definition) is 2. The molecule has 0 aliphatic heterocycles. The van der Waals surface area contributed by atoms with Crippen LogP contribution >= 0.6 is 0 Å². The molecule has 1 aromatic carbocycles. The molecule has 1 unspecified atom stereocenters. The normalized spacial score (nSPS) is 18.8. The monoisotopic (exact) mass is 248 g/mol. The van der Waals surface area contributed by atoms with Crippen molar-refractivity contribution in [1.29, 1.82) is 0 Å². The second-order valence-electron chi connectivity index (χ2n) is 6.03. The third kappa shape index (κ3) is 2.86. The largest absolute Gasteiger partial charge is 0.496 e. The van der Waals surface area contributed by atoms with Crippen LogP contribution < -0.4 is 4.74 Å². The van der Waals surface area contributed by atoms with Crippen LogP contribution in [0.4, 0.5) is 0 Å². The van der Waals surface area contributed by atoms with Gasteiger partial charge in [0.15, 0.2) is 0 Å². The van der Waals surface area contributed by atoms with E-state index in [4.69, 9.17) is 4.74 Å². The molecule has 100 valence electrons. The number of benzene rings is 1. The summed E-state index contributed by atoms with van der Waals surface area (Å²) in [6.45, 7) is 6.32. The van der Waals surface area contributed by atoms with Crippen LogP contribution in [0.1, 0.15) is 50.7 Å². The Bertz CT molecular complexity index is 417. The zero-order chi connectivity index (χ0) is 13.3. The first kappa shape index (κ1) is 13.4. The van der Waals surface area contributed by atoms with E-state index in [1.807, 2.05) is 13.0 Å². The van der Waals surface area contributed by atoms with E-state index in [1.54, 1.807) is 7.11 Å². The lowest BCUT2D eigenvalue weighted by molar-refractivity contribution is 0.0366. The van der Waals surface area contributed by atoms with E-state index < -0.39 is 5.60 Å². The summed E-state index contributed by atoms with van der Waals surface area (Å²) >= 11 is 0. The summed E-state index contributed by atoms with van der Waals surface area (Å²) in [5, 5.41) is 10.5. The first-order valence-corrected chi connectivity index (χ1v) is 6.83. The highest BCUT2D eigenvalue weighted by Gasteiger charge is 2.40. The van der Waals surface area contributed by atoms with Crippen LogP contribution in [-0.2, 0) is 6.42 Å². The molecule has 2 heteroatoms. The van der Waals surface area contributed by atoms with Crippen molar-refractivity contribution < 1.29 is 9.84 Å². The van der Waals surface area contributed by atoms with E-state index in [9.17, 15) is 5.11 Å². The minimum absolute atomic E-state index is 0.463. The van der Waals surface area contributed by atoms with Crippen LogP contribution in [0.3, 0.4) is 0 Å². The Hall–Kier alpha value is -1.02. The van der Waals surface area contributed by atoms with Crippen LogP contribution in [-0.4, -0.2) is 17.8 Å². The van der Waals surface area contributed by atoms with Crippen LogP contribution in [0.25, 0.3) is 0 Å². The Morgan fingerprint density at radius 2 is 2.06 bits per heavy atom.